The van der Waals surface area contributed by atoms with Gasteiger partial charge in [-0.05, 0) is 17.5 Å². The van der Waals surface area contributed by atoms with Gasteiger partial charge in [-0.2, -0.15) is 13.2 Å². The minimum Gasteiger partial charge on any atom is -0.388 e. The zero-order valence-electron chi connectivity index (χ0n) is 8.42. The number of hydrogen-bond donors (Lipinski definition) is 1. The summed E-state index contributed by atoms with van der Waals surface area (Å²) in [5.41, 5.74) is -0.541. The normalized spacial score (nSPS) is 14.3. The molecule has 0 saturated heterocycles. The number of aliphatic hydroxyl groups is 1. The number of nitrogens with zero attached hydrogens (tertiary/aromatic N) is 1. The molecular weight excluding hydrogens is 207 g/mol. The third kappa shape index (κ3) is 2.92. The second-order valence-electron chi connectivity index (χ2n) is 3.66. The molecule has 0 aliphatic rings. The minimum absolute atomic E-state index is 0.0523. The van der Waals surface area contributed by atoms with Crippen molar-refractivity contribution < 1.29 is 18.3 Å². The van der Waals surface area contributed by atoms with E-state index in [1.165, 1.54) is 6.07 Å². The van der Waals surface area contributed by atoms with Gasteiger partial charge in [-0.3, -0.25) is 4.98 Å². The van der Waals surface area contributed by atoms with Gasteiger partial charge >= 0.3 is 6.18 Å². The number of aromatic nitrogens is 1. The Balaban J connectivity index is 2.91. The number of pyridine rings is 1. The van der Waals surface area contributed by atoms with E-state index in [1.807, 2.05) is 0 Å². The number of rotatable bonds is 2. The molecule has 1 unspecified atom stereocenters. The van der Waals surface area contributed by atoms with Crippen LogP contribution in [0.25, 0.3) is 0 Å². The molecule has 0 radical (unpaired) electrons. The summed E-state index contributed by atoms with van der Waals surface area (Å²) in [7, 11) is 0. The smallest absolute Gasteiger partial charge is 0.388 e. The van der Waals surface area contributed by atoms with Crippen LogP contribution in [-0.4, -0.2) is 10.1 Å². The number of aliphatic hydroxyl groups excluding tert-OH is 1. The van der Waals surface area contributed by atoms with E-state index in [0.29, 0.717) is 5.56 Å². The fourth-order valence-electron chi connectivity index (χ4n) is 1.13. The van der Waals surface area contributed by atoms with Crippen molar-refractivity contribution in [1.29, 1.82) is 0 Å². The van der Waals surface area contributed by atoms with E-state index in [-0.39, 0.29) is 5.92 Å². The first-order chi connectivity index (χ1) is 6.82. The molecule has 1 aromatic heterocycles. The van der Waals surface area contributed by atoms with E-state index >= 15 is 0 Å². The molecule has 15 heavy (non-hydrogen) atoms. The third-order valence-corrected chi connectivity index (χ3v) is 2.05. The molecular formula is C10H12F3NO. The zero-order valence-corrected chi connectivity index (χ0v) is 8.42. The Bertz CT molecular complexity index is 318. The van der Waals surface area contributed by atoms with Gasteiger partial charge in [0, 0.05) is 6.20 Å². The van der Waals surface area contributed by atoms with Crippen molar-refractivity contribution in [3.05, 3.63) is 29.6 Å². The molecule has 1 heterocycles. The standard InChI is InChI=1S/C10H12F3NO/c1-6(2)9(15)7-3-4-8(14-5-7)10(11,12)13/h3-6,9,15H,1-2H3. The van der Waals surface area contributed by atoms with Crippen molar-refractivity contribution in [2.24, 2.45) is 5.92 Å². The fourth-order valence-corrected chi connectivity index (χ4v) is 1.13. The van der Waals surface area contributed by atoms with E-state index in [0.717, 1.165) is 12.3 Å². The molecule has 5 heteroatoms. The Kier molecular flexibility index (Phi) is 3.34. The van der Waals surface area contributed by atoms with Crippen molar-refractivity contribution in [1.82, 2.24) is 4.98 Å². The van der Waals surface area contributed by atoms with Crippen molar-refractivity contribution in [2.45, 2.75) is 26.1 Å². The fraction of sp³-hybridized carbons (Fsp3) is 0.500. The predicted octanol–water partition coefficient (Wildman–Crippen LogP) is 2.79. The van der Waals surface area contributed by atoms with Crippen LogP contribution in [0, 0.1) is 5.92 Å². The lowest BCUT2D eigenvalue weighted by molar-refractivity contribution is -0.141. The predicted molar refractivity (Wildman–Crippen MR) is 49.0 cm³/mol. The average Bonchev–Trinajstić information content (AvgIpc) is 2.15. The Morgan fingerprint density at radius 1 is 1.27 bits per heavy atom. The van der Waals surface area contributed by atoms with Crippen LogP contribution in [0.5, 0.6) is 0 Å². The topological polar surface area (TPSA) is 33.1 Å². The lowest BCUT2D eigenvalue weighted by atomic mass is 10.0. The highest BCUT2D eigenvalue weighted by Crippen LogP contribution is 2.28. The van der Waals surface area contributed by atoms with Crippen LogP contribution in [0.3, 0.4) is 0 Å². The highest BCUT2D eigenvalue weighted by Gasteiger charge is 2.32. The van der Waals surface area contributed by atoms with Crippen LogP contribution in [-0.2, 0) is 6.18 Å². The molecule has 1 rings (SSSR count). The summed E-state index contributed by atoms with van der Waals surface area (Å²) in [6.07, 6.45) is -4.14. The largest absolute Gasteiger partial charge is 0.433 e. The number of alkyl halides is 3. The molecule has 0 aliphatic carbocycles. The Morgan fingerprint density at radius 3 is 2.20 bits per heavy atom. The zero-order chi connectivity index (χ0) is 11.6. The van der Waals surface area contributed by atoms with Crippen LogP contribution in [0.15, 0.2) is 18.3 Å². The Labute approximate surface area is 85.8 Å². The molecule has 0 spiro atoms. The quantitative estimate of drug-likeness (QED) is 0.829. The third-order valence-electron chi connectivity index (χ3n) is 2.05. The van der Waals surface area contributed by atoms with Crippen LogP contribution in [0.2, 0.25) is 0 Å². The number of halogens is 3. The van der Waals surface area contributed by atoms with E-state index in [4.69, 9.17) is 0 Å². The summed E-state index contributed by atoms with van der Waals surface area (Å²) in [6, 6.07) is 2.13. The van der Waals surface area contributed by atoms with Crippen LogP contribution in [0.1, 0.15) is 31.2 Å². The Hall–Kier alpha value is -1.10. The van der Waals surface area contributed by atoms with Gasteiger partial charge in [0.15, 0.2) is 0 Å². The van der Waals surface area contributed by atoms with Crippen molar-refractivity contribution in [3.8, 4) is 0 Å². The van der Waals surface area contributed by atoms with Gasteiger partial charge in [-0.1, -0.05) is 19.9 Å². The van der Waals surface area contributed by atoms with Crippen molar-refractivity contribution in [2.75, 3.05) is 0 Å². The lowest BCUT2D eigenvalue weighted by Gasteiger charge is -2.14. The SMILES string of the molecule is CC(C)C(O)c1ccc(C(F)(F)F)nc1. The summed E-state index contributed by atoms with van der Waals surface area (Å²) >= 11 is 0. The summed E-state index contributed by atoms with van der Waals surface area (Å²) < 4.78 is 36.5. The van der Waals surface area contributed by atoms with E-state index in [9.17, 15) is 18.3 Å². The monoisotopic (exact) mass is 219 g/mol. The molecule has 1 aromatic rings. The molecule has 0 amide bonds. The molecule has 84 valence electrons. The summed E-state index contributed by atoms with van der Waals surface area (Å²) in [4.78, 5) is 3.27. The molecule has 0 saturated carbocycles. The maximum absolute atomic E-state index is 12.2. The molecule has 2 nitrogen and oxygen atoms in total. The number of hydrogen-bond acceptors (Lipinski definition) is 2. The van der Waals surface area contributed by atoms with Gasteiger partial charge in [0.1, 0.15) is 5.69 Å². The van der Waals surface area contributed by atoms with Crippen LogP contribution in [0.4, 0.5) is 13.2 Å². The van der Waals surface area contributed by atoms with Crippen LogP contribution < -0.4 is 0 Å². The van der Waals surface area contributed by atoms with E-state index in [1.54, 1.807) is 13.8 Å². The molecule has 1 atom stereocenters. The van der Waals surface area contributed by atoms with Gasteiger partial charge < -0.3 is 5.11 Å². The van der Waals surface area contributed by atoms with Gasteiger partial charge in [0.05, 0.1) is 6.10 Å². The minimum atomic E-state index is -4.43. The van der Waals surface area contributed by atoms with E-state index < -0.39 is 18.0 Å². The van der Waals surface area contributed by atoms with E-state index in [2.05, 4.69) is 4.98 Å². The summed E-state index contributed by atoms with van der Waals surface area (Å²) in [5.74, 6) is -0.0523. The van der Waals surface area contributed by atoms with Gasteiger partial charge in [0.2, 0.25) is 0 Å². The second-order valence-corrected chi connectivity index (χ2v) is 3.66. The van der Waals surface area contributed by atoms with Gasteiger partial charge in [0.25, 0.3) is 0 Å². The average molecular weight is 219 g/mol. The lowest BCUT2D eigenvalue weighted by Crippen LogP contribution is -2.10. The molecule has 0 aromatic carbocycles. The summed E-state index contributed by atoms with van der Waals surface area (Å²) in [5, 5.41) is 9.57. The second kappa shape index (κ2) is 4.18. The van der Waals surface area contributed by atoms with Gasteiger partial charge in [-0.15, -0.1) is 0 Å². The molecule has 0 bridgehead atoms. The highest BCUT2D eigenvalue weighted by molar-refractivity contribution is 5.18. The first-order valence-corrected chi connectivity index (χ1v) is 4.53. The highest BCUT2D eigenvalue weighted by atomic mass is 19.4. The Morgan fingerprint density at radius 2 is 1.87 bits per heavy atom. The first-order valence-electron chi connectivity index (χ1n) is 4.53. The molecule has 0 fully saturated rings. The molecule has 1 N–H and O–H groups in total. The van der Waals surface area contributed by atoms with Crippen LogP contribution >= 0.6 is 0 Å². The van der Waals surface area contributed by atoms with Crippen molar-refractivity contribution in [3.63, 3.8) is 0 Å². The maximum atomic E-state index is 12.2. The summed E-state index contributed by atoms with van der Waals surface area (Å²) in [6.45, 7) is 3.56. The van der Waals surface area contributed by atoms with Gasteiger partial charge in [-0.25, -0.2) is 0 Å². The first kappa shape index (κ1) is 12.0. The maximum Gasteiger partial charge on any atom is 0.433 e. The van der Waals surface area contributed by atoms with Crippen molar-refractivity contribution >= 4 is 0 Å². The molecule has 0 aliphatic heterocycles.